The molecule has 0 saturated heterocycles. The lowest BCUT2D eigenvalue weighted by Gasteiger charge is -2.23. The molecule has 0 atom stereocenters. The molecule has 0 saturated carbocycles. The van der Waals surface area contributed by atoms with Crippen LogP contribution in [0.2, 0.25) is 0 Å². The van der Waals surface area contributed by atoms with E-state index >= 15 is 0 Å². The molecule has 2 aromatic carbocycles. The Labute approximate surface area is 227 Å². The fraction of sp³-hybridized carbons (Fsp3) is 0.296. The number of hydrogen-bond donors (Lipinski definition) is 0. The van der Waals surface area contributed by atoms with Gasteiger partial charge in [0.2, 0.25) is 5.36 Å². The van der Waals surface area contributed by atoms with Crippen LogP contribution < -0.4 is 14.8 Å². The molecule has 1 aliphatic heterocycles. The first-order valence-electron chi connectivity index (χ1n) is 12.3. The highest BCUT2D eigenvalue weighted by molar-refractivity contribution is 8.13. The average molecular weight is 577 g/mol. The van der Waals surface area contributed by atoms with E-state index in [1.807, 2.05) is 36.4 Å². The van der Waals surface area contributed by atoms with E-state index in [1.165, 1.54) is 6.07 Å². The summed E-state index contributed by atoms with van der Waals surface area (Å²) in [4.78, 5) is 1.01. The maximum Gasteiger partial charge on any atom is 0.261 e. The van der Waals surface area contributed by atoms with Gasteiger partial charge in [-0.1, -0.05) is 6.07 Å². The minimum atomic E-state index is -4.91. The highest BCUT2D eigenvalue weighted by Crippen LogP contribution is 2.44. The Kier molecular flexibility index (Phi) is 7.90. The van der Waals surface area contributed by atoms with E-state index in [0.717, 1.165) is 49.4 Å². The first-order valence-corrected chi connectivity index (χ1v) is 16.0. The Hall–Kier alpha value is -2.92. The number of benzene rings is 3. The monoisotopic (exact) mass is 576 g/mol. The van der Waals surface area contributed by atoms with Gasteiger partial charge in [0.25, 0.3) is 9.05 Å². The van der Waals surface area contributed by atoms with Gasteiger partial charge in [-0.3, -0.25) is 0 Å². The zero-order valence-corrected chi connectivity index (χ0v) is 24.0. The van der Waals surface area contributed by atoms with Gasteiger partial charge in [-0.25, -0.2) is 21.4 Å². The molecule has 2 aromatic rings. The van der Waals surface area contributed by atoms with Gasteiger partial charge in [0.1, 0.15) is 34.6 Å². The van der Waals surface area contributed by atoms with Gasteiger partial charge >= 0.3 is 0 Å². The minimum absolute atomic E-state index is 0.171. The highest BCUT2D eigenvalue weighted by atomic mass is 35.7. The SMILES string of the molecule is CCN(CC)c1ccc2c(-c3ccc(S(=O)(=O)[O-])cc3S(=O)(=O)Cl)c3ccc(=[N+](CC)CC)cc-3oc2c1. The van der Waals surface area contributed by atoms with Crippen molar-refractivity contribution in [2.45, 2.75) is 37.5 Å². The standard InChI is InChI=1S/C27H29ClN2O6S2/c1-5-29(6-2)18-9-12-21-24(15-18)36-25-16-19(30(7-3)8-4)10-13-22(25)27(21)23-14-11-20(38(33,34)35)17-26(23)37(28,31)32/h9-17H,5-8H2,1-4H3. The van der Waals surface area contributed by atoms with Gasteiger partial charge < -0.3 is 13.9 Å². The van der Waals surface area contributed by atoms with Crippen molar-refractivity contribution in [3.8, 4) is 22.5 Å². The van der Waals surface area contributed by atoms with Crippen LogP contribution >= 0.6 is 10.7 Å². The number of halogens is 1. The molecule has 0 unspecified atom stereocenters. The molecule has 0 fully saturated rings. The van der Waals surface area contributed by atoms with Crippen LogP contribution in [0, 0.1) is 0 Å². The number of fused-ring (bicyclic) bond motifs is 2. The van der Waals surface area contributed by atoms with Crippen molar-refractivity contribution in [3.05, 3.63) is 60.0 Å². The van der Waals surface area contributed by atoms with Crippen molar-refractivity contribution in [2.24, 2.45) is 0 Å². The Morgan fingerprint density at radius 3 is 2.11 bits per heavy atom. The predicted molar refractivity (Wildman–Crippen MR) is 149 cm³/mol. The zero-order chi connectivity index (χ0) is 27.8. The minimum Gasteiger partial charge on any atom is -0.744 e. The van der Waals surface area contributed by atoms with E-state index < -0.39 is 29.0 Å². The van der Waals surface area contributed by atoms with E-state index in [-0.39, 0.29) is 5.56 Å². The van der Waals surface area contributed by atoms with Gasteiger partial charge in [-0.15, -0.1) is 0 Å². The summed E-state index contributed by atoms with van der Waals surface area (Å²) in [6, 6.07) is 14.6. The second kappa shape index (κ2) is 10.7. The fourth-order valence-electron chi connectivity index (χ4n) is 4.80. The summed E-state index contributed by atoms with van der Waals surface area (Å²) in [5, 5.41) is 1.55. The summed E-state index contributed by atoms with van der Waals surface area (Å²) < 4.78 is 68.9. The molecule has 1 aliphatic carbocycles. The first kappa shape index (κ1) is 28.1. The summed E-state index contributed by atoms with van der Waals surface area (Å²) in [5.74, 6) is 0.520. The molecule has 4 rings (SSSR count). The largest absolute Gasteiger partial charge is 0.744 e. The second-order valence-corrected chi connectivity index (χ2v) is 12.6. The number of hydrogen-bond acceptors (Lipinski definition) is 7. The normalized spacial score (nSPS) is 12.3. The van der Waals surface area contributed by atoms with Crippen molar-refractivity contribution < 1.29 is 25.8 Å². The smallest absolute Gasteiger partial charge is 0.261 e. The molecular weight excluding hydrogens is 548 g/mol. The van der Waals surface area contributed by atoms with Crippen LogP contribution in [0.15, 0.2) is 68.8 Å². The van der Waals surface area contributed by atoms with Gasteiger partial charge in [-0.2, -0.15) is 0 Å². The van der Waals surface area contributed by atoms with E-state index in [0.29, 0.717) is 27.9 Å². The molecule has 0 N–H and O–H groups in total. The molecular formula is C27H29ClN2O6S2. The summed E-state index contributed by atoms with van der Waals surface area (Å²) in [7, 11) is -3.57. The molecule has 1 heterocycles. The molecule has 0 amide bonds. The van der Waals surface area contributed by atoms with Gasteiger partial charge in [0.15, 0.2) is 0 Å². The number of nitrogens with zero attached hydrogens (tertiary/aromatic N) is 2. The maximum absolute atomic E-state index is 12.7. The van der Waals surface area contributed by atoms with E-state index in [1.54, 1.807) is 0 Å². The lowest BCUT2D eigenvalue weighted by Crippen LogP contribution is -2.29. The van der Waals surface area contributed by atoms with Gasteiger partial charge in [-0.05, 0) is 58.0 Å². The molecule has 38 heavy (non-hydrogen) atoms. The van der Waals surface area contributed by atoms with Gasteiger partial charge in [0, 0.05) is 63.7 Å². The second-order valence-electron chi connectivity index (χ2n) is 8.73. The summed E-state index contributed by atoms with van der Waals surface area (Å²) in [6.07, 6.45) is 0. The van der Waals surface area contributed by atoms with Gasteiger partial charge in [0.05, 0.1) is 15.9 Å². The lowest BCUT2D eigenvalue weighted by molar-refractivity contribution is 0.463. The van der Waals surface area contributed by atoms with Crippen LogP contribution in [0.5, 0.6) is 0 Å². The molecule has 8 nitrogen and oxygen atoms in total. The molecule has 11 heteroatoms. The van der Waals surface area contributed by atoms with Crippen molar-refractivity contribution >= 4 is 46.5 Å². The van der Waals surface area contributed by atoms with Crippen molar-refractivity contribution in [3.63, 3.8) is 0 Å². The quantitative estimate of drug-likeness (QED) is 0.129. The van der Waals surface area contributed by atoms with Crippen molar-refractivity contribution in [1.82, 2.24) is 4.58 Å². The third-order valence-electron chi connectivity index (χ3n) is 6.72. The Morgan fingerprint density at radius 1 is 0.868 bits per heavy atom. The predicted octanol–water partition coefficient (Wildman–Crippen LogP) is 4.69. The molecule has 0 radical (unpaired) electrons. The Balaban J connectivity index is 2.19. The van der Waals surface area contributed by atoms with Crippen LogP contribution in [-0.4, -0.2) is 47.6 Å². The first-order chi connectivity index (χ1) is 17.9. The molecule has 0 aromatic heterocycles. The molecule has 202 valence electrons. The summed E-state index contributed by atoms with van der Waals surface area (Å²) >= 11 is 0. The fourth-order valence-corrected chi connectivity index (χ4v) is 6.45. The van der Waals surface area contributed by atoms with Crippen LogP contribution in [0.3, 0.4) is 0 Å². The maximum atomic E-state index is 12.7. The Bertz CT molecular complexity index is 1770. The van der Waals surface area contributed by atoms with E-state index in [2.05, 4.69) is 37.2 Å². The van der Waals surface area contributed by atoms with Crippen LogP contribution in [0.4, 0.5) is 5.69 Å². The average Bonchev–Trinajstić information content (AvgIpc) is 2.87. The van der Waals surface area contributed by atoms with Crippen LogP contribution in [0.25, 0.3) is 33.4 Å². The summed E-state index contributed by atoms with van der Waals surface area (Å²) in [5.41, 5.74) is 2.75. The number of anilines is 1. The Morgan fingerprint density at radius 2 is 1.53 bits per heavy atom. The van der Waals surface area contributed by atoms with Crippen molar-refractivity contribution in [1.29, 1.82) is 0 Å². The lowest BCUT2D eigenvalue weighted by atomic mass is 9.93. The molecule has 2 aliphatic rings. The third kappa shape index (κ3) is 5.31. The topological polar surface area (TPSA) is 111 Å². The zero-order valence-electron chi connectivity index (χ0n) is 21.6. The summed E-state index contributed by atoms with van der Waals surface area (Å²) in [6.45, 7) is 11.4. The van der Waals surface area contributed by atoms with Crippen LogP contribution in [0.1, 0.15) is 27.7 Å². The third-order valence-corrected chi connectivity index (χ3v) is 8.91. The van der Waals surface area contributed by atoms with Crippen LogP contribution in [-0.2, 0) is 19.2 Å². The molecule has 0 spiro atoms. The highest BCUT2D eigenvalue weighted by Gasteiger charge is 2.25. The number of rotatable bonds is 8. The molecule has 0 bridgehead atoms. The van der Waals surface area contributed by atoms with E-state index in [4.69, 9.17) is 15.1 Å². The van der Waals surface area contributed by atoms with Crippen molar-refractivity contribution in [2.75, 3.05) is 31.1 Å². The van der Waals surface area contributed by atoms with E-state index in [9.17, 15) is 21.4 Å².